The van der Waals surface area contributed by atoms with Gasteiger partial charge < -0.3 is 10.1 Å². The third-order valence-corrected chi connectivity index (χ3v) is 2.75. The van der Waals surface area contributed by atoms with E-state index >= 15 is 0 Å². The quantitative estimate of drug-likeness (QED) is 0.813. The van der Waals surface area contributed by atoms with Gasteiger partial charge in [-0.3, -0.25) is 5.32 Å². The van der Waals surface area contributed by atoms with Gasteiger partial charge in [0.25, 0.3) is 0 Å². The van der Waals surface area contributed by atoms with Gasteiger partial charge in [0.15, 0.2) is 0 Å². The van der Waals surface area contributed by atoms with E-state index in [4.69, 9.17) is 4.74 Å². The van der Waals surface area contributed by atoms with E-state index in [1.807, 2.05) is 45.0 Å². The molecule has 118 valence electrons. The molecule has 0 fully saturated rings. The molecule has 1 amide bonds. The molecule has 0 saturated heterocycles. The predicted molar refractivity (Wildman–Crippen MR) is 88.8 cm³/mol. The summed E-state index contributed by atoms with van der Waals surface area (Å²) < 4.78 is 5.24. The summed E-state index contributed by atoms with van der Waals surface area (Å²) in [5.74, 6) is 0.649. The van der Waals surface area contributed by atoms with Crippen LogP contribution in [0.4, 0.5) is 16.2 Å². The monoisotopic (exact) mass is 292 g/mol. The molecule has 2 N–H and O–H groups in total. The highest BCUT2D eigenvalue weighted by Gasteiger charge is 2.16. The van der Waals surface area contributed by atoms with Gasteiger partial charge in [0, 0.05) is 17.4 Å². The molecular weight excluding hydrogens is 264 g/mol. The molecule has 1 rings (SSSR count). The summed E-state index contributed by atoms with van der Waals surface area (Å²) >= 11 is 0. The van der Waals surface area contributed by atoms with Crippen LogP contribution in [0.3, 0.4) is 0 Å². The van der Waals surface area contributed by atoms with Gasteiger partial charge in [0.2, 0.25) is 0 Å². The summed E-state index contributed by atoms with van der Waals surface area (Å²) in [7, 11) is 0. The standard InChI is InChI=1S/C17H28N2O2/c1-12(2)10-13(3)18-14-8-7-9-15(11-14)19-16(20)21-17(4,5)6/h7-9,11-13,18H,10H2,1-6H3,(H,19,20). The normalized spacial score (nSPS) is 12.9. The van der Waals surface area contributed by atoms with Crippen LogP contribution in [0.2, 0.25) is 0 Å². The van der Waals surface area contributed by atoms with Gasteiger partial charge in [-0.25, -0.2) is 4.79 Å². The Kier molecular flexibility index (Phi) is 6.06. The number of nitrogens with one attached hydrogen (secondary N) is 2. The minimum atomic E-state index is -0.494. The lowest BCUT2D eigenvalue weighted by Crippen LogP contribution is -2.27. The van der Waals surface area contributed by atoms with Crippen molar-refractivity contribution >= 4 is 17.5 Å². The molecule has 0 aromatic heterocycles. The van der Waals surface area contributed by atoms with Crippen molar-refractivity contribution in [1.82, 2.24) is 0 Å². The van der Waals surface area contributed by atoms with Crippen molar-refractivity contribution in [3.63, 3.8) is 0 Å². The molecule has 1 aromatic rings. The van der Waals surface area contributed by atoms with Crippen molar-refractivity contribution < 1.29 is 9.53 Å². The summed E-state index contributed by atoms with van der Waals surface area (Å²) in [6, 6.07) is 8.07. The Balaban J connectivity index is 2.62. The van der Waals surface area contributed by atoms with Gasteiger partial charge in [-0.05, 0) is 58.2 Å². The van der Waals surface area contributed by atoms with Gasteiger partial charge >= 0.3 is 6.09 Å². The summed E-state index contributed by atoms with van der Waals surface area (Å²) in [6.45, 7) is 12.1. The Morgan fingerprint density at radius 1 is 1.19 bits per heavy atom. The number of carbonyl (C=O) groups is 1. The SMILES string of the molecule is CC(C)CC(C)Nc1cccc(NC(=O)OC(C)(C)C)c1. The predicted octanol–water partition coefficient (Wildman–Crippen LogP) is 4.88. The Hall–Kier alpha value is -1.71. The molecule has 0 aliphatic rings. The lowest BCUT2D eigenvalue weighted by atomic mass is 10.1. The van der Waals surface area contributed by atoms with Crippen molar-refractivity contribution in [3.05, 3.63) is 24.3 Å². The zero-order valence-electron chi connectivity index (χ0n) is 14.0. The average molecular weight is 292 g/mol. The molecule has 0 aliphatic carbocycles. The van der Waals surface area contributed by atoms with E-state index in [-0.39, 0.29) is 0 Å². The van der Waals surface area contributed by atoms with Crippen LogP contribution in [-0.2, 0) is 4.74 Å². The van der Waals surface area contributed by atoms with Gasteiger partial charge in [-0.2, -0.15) is 0 Å². The van der Waals surface area contributed by atoms with E-state index in [1.54, 1.807) is 0 Å². The van der Waals surface area contributed by atoms with Crippen LogP contribution in [0.5, 0.6) is 0 Å². The van der Waals surface area contributed by atoms with Crippen LogP contribution in [0.15, 0.2) is 24.3 Å². The summed E-state index contributed by atoms with van der Waals surface area (Å²) in [6.07, 6.45) is 0.666. The number of rotatable bonds is 5. The topological polar surface area (TPSA) is 50.4 Å². The minimum Gasteiger partial charge on any atom is -0.444 e. The molecule has 1 atom stereocenters. The number of hydrogen-bond acceptors (Lipinski definition) is 3. The number of amides is 1. The second-order valence-corrected chi connectivity index (χ2v) is 6.88. The lowest BCUT2D eigenvalue weighted by molar-refractivity contribution is 0.0636. The molecule has 1 aromatic carbocycles. The Labute approximate surface area is 128 Å². The van der Waals surface area contributed by atoms with Crippen LogP contribution in [0, 0.1) is 5.92 Å². The maximum absolute atomic E-state index is 11.8. The van der Waals surface area contributed by atoms with Crippen molar-refractivity contribution in [2.75, 3.05) is 10.6 Å². The van der Waals surface area contributed by atoms with Gasteiger partial charge in [-0.15, -0.1) is 0 Å². The second-order valence-electron chi connectivity index (χ2n) is 6.88. The lowest BCUT2D eigenvalue weighted by Gasteiger charge is -2.20. The maximum atomic E-state index is 11.8. The Morgan fingerprint density at radius 2 is 1.81 bits per heavy atom. The molecular formula is C17H28N2O2. The van der Waals surface area contributed by atoms with E-state index < -0.39 is 11.7 Å². The fourth-order valence-electron chi connectivity index (χ4n) is 2.16. The second kappa shape index (κ2) is 7.34. The van der Waals surface area contributed by atoms with E-state index in [9.17, 15) is 4.79 Å². The fraction of sp³-hybridized carbons (Fsp3) is 0.588. The van der Waals surface area contributed by atoms with Crippen molar-refractivity contribution in [3.8, 4) is 0 Å². The third kappa shape index (κ3) is 7.59. The maximum Gasteiger partial charge on any atom is 0.412 e. The zero-order chi connectivity index (χ0) is 16.0. The molecule has 0 heterocycles. The van der Waals surface area contributed by atoms with Gasteiger partial charge in [0.1, 0.15) is 5.60 Å². The molecule has 21 heavy (non-hydrogen) atoms. The van der Waals surface area contributed by atoms with Gasteiger partial charge in [0.05, 0.1) is 0 Å². The third-order valence-electron chi connectivity index (χ3n) is 2.75. The molecule has 4 heteroatoms. The van der Waals surface area contributed by atoms with E-state index in [0.29, 0.717) is 12.0 Å². The van der Waals surface area contributed by atoms with Crippen molar-refractivity contribution in [2.45, 2.75) is 59.6 Å². The van der Waals surface area contributed by atoms with Gasteiger partial charge in [-0.1, -0.05) is 19.9 Å². The van der Waals surface area contributed by atoms with Crippen molar-refractivity contribution in [2.24, 2.45) is 5.92 Å². The highest BCUT2D eigenvalue weighted by molar-refractivity contribution is 5.85. The first-order chi connectivity index (χ1) is 9.65. The molecule has 0 radical (unpaired) electrons. The summed E-state index contributed by atoms with van der Waals surface area (Å²) in [4.78, 5) is 11.8. The summed E-state index contributed by atoms with van der Waals surface area (Å²) in [5, 5.41) is 6.19. The number of ether oxygens (including phenoxy) is 1. The first-order valence-corrected chi connectivity index (χ1v) is 7.52. The van der Waals surface area contributed by atoms with Crippen LogP contribution in [0.25, 0.3) is 0 Å². The molecule has 1 unspecified atom stereocenters. The van der Waals surface area contributed by atoms with E-state index in [2.05, 4.69) is 31.4 Å². The fourth-order valence-corrected chi connectivity index (χ4v) is 2.16. The highest BCUT2D eigenvalue weighted by Crippen LogP contribution is 2.18. The van der Waals surface area contributed by atoms with E-state index in [1.165, 1.54) is 0 Å². The first kappa shape index (κ1) is 17.3. The van der Waals surface area contributed by atoms with Crippen LogP contribution >= 0.6 is 0 Å². The Bertz CT molecular complexity index is 464. The Morgan fingerprint density at radius 3 is 2.38 bits per heavy atom. The van der Waals surface area contributed by atoms with Crippen LogP contribution in [0.1, 0.15) is 48.0 Å². The molecule has 0 saturated carbocycles. The number of benzene rings is 1. The smallest absolute Gasteiger partial charge is 0.412 e. The van der Waals surface area contributed by atoms with Crippen LogP contribution in [-0.4, -0.2) is 17.7 Å². The highest BCUT2D eigenvalue weighted by atomic mass is 16.6. The number of hydrogen-bond donors (Lipinski definition) is 2. The first-order valence-electron chi connectivity index (χ1n) is 7.52. The minimum absolute atomic E-state index is 0.391. The van der Waals surface area contributed by atoms with Crippen LogP contribution < -0.4 is 10.6 Å². The average Bonchev–Trinajstić information content (AvgIpc) is 2.24. The molecule has 0 spiro atoms. The largest absolute Gasteiger partial charge is 0.444 e. The molecule has 0 bridgehead atoms. The zero-order valence-corrected chi connectivity index (χ0v) is 14.0. The number of anilines is 2. The molecule has 0 aliphatic heterocycles. The van der Waals surface area contributed by atoms with E-state index in [0.717, 1.165) is 17.8 Å². The molecule has 4 nitrogen and oxygen atoms in total. The van der Waals surface area contributed by atoms with Crippen molar-refractivity contribution in [1.29, 1.82) is 0 Å². The number of carbonyl (C=O) groups excluding carboxylic acids is 1. The summed E-state index contributed by atoms with van der Waals surface area (Å²) in [5.41, 5.74) is 1.23.